The van der Waals surface area contributed by atoms with Gasteiger partial charge in [-0.3, -0.25) is 0 Å². The van der Waals surface area contributed by atoms with Gasteiger partial charge in [0, 0.05) is 0 Å². The van der Waals surface area contributed by atoms with Crippen molar-refractivity contribution in [3.63, 3.8) is 0 Å². The maximum Gasteiger partial charge on any atom is 0.156 e. The molecule has 0 aromatic rings. The van der Waals surface area contributed by atoms with Crippen molar-refractivity contribution in [2.45, 2.75) is 6.10 Å². The Bertz CT molecular complexity index is 238. The minimum atomic E-state index is -3.04. The molecule has 0 bridgehead atoms. The number of rotatable bonds is 4. The van der Waals surface area contributed by atoms with E-state index in [2.05, 4.69) is 6.58 Å². The second kappa shape index (κ2) is 4.02. The van der Waals surface area contributed by atoms with E-state index in [1.54, 1.807) is 0 Å². The first-order chi connectivity index (χ1) is 5.64. The van der Waals surface area contributed by atoms with Crippen LogP contribution in [0.4, 0.5) is 0 Å². The zero-order valence-corrected chi connectivity index (χ0v) is 7.55. The summed E-state index contributed by atoms with van der Waals surface area (Å²) in [6, 6.07) is 0. The van der Waals surface area contributed by atoms with Gasteiger partial charge >= 0.3 is 0 Å². The average molecular weight is 192 g/mol. The van der Waals surface area contributed by atoms with Gasteiger partial charge in [-0.1, -0.05) is 6.08 Å². The maximum absolute atomic E-state index is 11.2. The average Bonchev–Trinajstić information content (AvgIpc) is 2.38. The predicted molar refractivity (Wildman–Crippen MR) is 44.5 cm³/mol. The van der Waals surface area contributed by atoms with Gasteiger partial charge in [-0.2, -0.15) is 0 Å². The van der Waals surface area contributed by atoms with Crippen molar-refractivity contribution in [3.8, 4) is 0 Å². The SMILES string of the molecule is C=CCS(=O)(=O)CC1COCO1. The van der Waals surface area contributed by atoms with Gasteiger partial charge in [0.1, 0.15) is 6.79 Å². The van der Waals surface area contributed by atoms with Crippen LogP contribution in [-0.4, -0.2) is 39.4 Å². The van der Waals surface area contributed by atoms with Crippen molar-refractivity contribution in [3.05, 3.63) is 12.7 Å². The smallest absolute Gasteiger partial charge is 0.156 e. The molecule has 1 aliphatic heterocycles. The highest BCUT2D eigenvalue weighted by Gasteiger charge is 2.22. The fourth-order valence-electron chi connectivity index (χ4n) is 0.999. The Hall–Kier alpha value is -0.390. The molecule has 0 spiro atoms. The van der Waals surface area contributed by atoms with Crippen LogP contribution in [0.2, 0.25) is 0 Å². The van der Waals surface area contributed by atoms with Crippen molar-refractivity contribution in [2.75, 3.05) is 24.9 Å². The molecule has 1 rings (SSSR count). The predicted octanol–water partition coefficient (Wildman–Crippen LogP) is -0.0399. The van der Waals surface area contributed by atoms with E-state index >= 15 is 0 Å². The molecule has 0 radical (unpaired) electrons. The molecule has 1 fully saturated rings. The largest absolute Gasteiger partial charge is 0.353 e. The Kier molecular flexibility index (Phi) is 3.25. The van der Waals surface area contributed by atoms with Crippen LogP contribution in [-0.2, 0) is 19.3 Å². The zero-order valence-electron chi connectivity index (χ0n) is 6.73. The maximum atomic E-state index is 11.2. The van der Waals surface area contributed by atoms with Crippen LogP contribution in [0.1, 0.15) is 0 Å². The van der Waals surface area contributed by atoms with Crippen LogP contribution >= 0.6 is 0 Å². The Labute approximate surface area is 72.1 Å². The van der Waals surface area contributed by atoms with Crippen LogP contribution in [0, 0.1) is 0 Å². The first kappa shape index (κ1) is 9.70. The lowest BCUT2D eigenvalue weighted by molar-refractivity contribution is 0.0521. The standard InChI is InChI=1S/C7H12O4S/c1-2-3-12(8,9)5-7-4-10-6-11-7/h2,7H,1,3-6H2. The summed E-state index contributed by atoms with van der Waals surface area (Å²) in [6.07, 6.45) is 1.08. The molecule has 1 saturated heterocycles. The van der Waals surface area contributed by atoms with Gasteiger partial charge in [-0.15, -0.1) is 6.58 Å². The molecule has 0 aromatic heterocycles. The van der Waals surface area contributed by atoms with E-state index in [0.29, 0.717) is 6.61 Å². The minimum absolute atomic E-state index is 0.00681. The third-order valence-corrected chi connectivity index (χ3v) is 3.13. The lowest BCUT2D eigenvalue weighted by atomic mass is 10.4. The summed E-state index contributed by atoms with van der Waals surface area (Å²) in [4.78, 5) is 0. The fraction of sp³-hybridized carbons (Fsp3) is 0.714. The zero-order chi connectivity index (χ0) is 9.03. The van der Waals surface area contributed by atoms with Gasteiger partial charge in [0.15, 0.2) is 9.84 Å². The lowest BCUT2D eigenvalue weighted by Crippen LogP contribution is -2.24. The number of sulfone groups is 1. The summed E-state index contributed by atoms with van der Waals surface area (Å²) in [7, 11) is -3.04. The highest BCUT2D eigenvalue weighted by atomic mass is 32.2. The molecular weight excluding hydrogens is 180 g/mol. The summed E-state index contributed by atoms with van der Waals surface area (Å²) in [5.74, 6) is 0.0336. The highest BCUT2D eigenvalue weighted by Crippen LogP contribution is 2.06. The number of hydrogen-bond acceptors (Lipinski definition) is 4. The van der Waals surface area contributed by atoms with E-state index in [0.717, 1.165) is 0 Å². The van der Waals surface area contributed by atoms with Crippen LogP contribution < -0.4 is 0 Å². The van der Waals surface area contributed by atoms with Gasteiger partial charge in [-0.05, 0) is 0 Å². The third kappa shape index (κ3) is 2.92. The molecule has 1 heterocycles. The second-order valence-corrected chi connectivity index (χ2v) is 4.80. The molecule has 0 aliphatic carbocycles. The Morgan fingerprint density at radius 1 is 1.58 bits per heavy atom. The van der Waals surface area contributed by atoms with Gasteiger partial charge < -0.3 is 9.47 Å². The molecule has 4 nitrogen and oxygen atoms in total. The minimum Gasteiger partial charge on any atom is -0.353 e. The van der Waals surface area contributed by atoms with Gasteiger partial charge in [0.2, 0.25) is 0 Å². The quantitative estimate of drug-likeness (QED) is 0.586. The van der Waals surface area contributed by atoms with Crippen LogP contribution in [0.3, 0.4) is 0 Å². The van der Waals surface area contributed by atoms with E-state index < -0.39 is 9.84 Å². The van der Waals surface area contributed by atoms with Gasteiger partial charge in [0.05, 0.1) is 24.2 Å². The summed E-state index contributed by atoms with van der Waals surface area (Å²) in [6.45, 7) is 3.94. The summed E-state index contributed by atoms with van der Waals surface area (Å²) in [5.41, 5.74) is 0. The van der Waals surface area contributed by atoms with Crippen molar-refractivity contribution < 1.29 is 17.9 Å². The van der Waals surface area contributed by atoms with E-state index in [1.165, 1.54) is 6.08 Å². The molecule has 1 atom stereocenters. The Morgan fingerprint density at radius 3 is 2.83 bits per heavy atom. The Balaban J connectivity index is 2.43. The topological polar surface area (TPSA) is 52.6 Å². The highest BCUT2D eigenvalue weighted by molar-refractivity contribution is 7.91. The fourth-order valence-corrected chi connectivity index (χ4v) is 2.25. The van der Waals surface area contributed by atoms with Crippen molar-refractivity contribution in [2.24, 2.45) is 0 Å². The van der Waals surface area contributed by atoms with Gasteiger partial charge in [0.25, 0.3) is 0 Å². The Morgan fingerprint density at radius 2 is 2.33 bits per heavy atom. The lowest BCUT2D eigenvalue weighted by Gasteiger charge is -2.05. The summed E-state index contributed by atoms with van der Waals surface area (Å²) in [5, 5.41) is 0. The molecule has 0 amide bonds. The molecule has 5 heteroatoms. The normalized spacial score (nSPS) is 24.2. The molecule has 0 N–H and O–H groups in total. The summed E-state index contributed by atoms with van der Waals surface area (Å²) >= 11 is 0. The van der Waals surface area contributed by atoms with Crippen LogP contribution in [0.15, 0.2) is 12.7 Å². The van der Waals surface area contributed by atoms with E-state index in [-0.39, 0.29) is 24.4 Å². The van der Waals surface area contributed by atoms with Crippen LogP contribution in [0.5, 0.6) is 0 Å². The first-order valence-corrected chi connectivity index (χ1v) is 5.47. The molecule has 70 valence electrons. The summed E-state index contributed by atoms with van der Waals surface area (Å²) < 4.78 is 32.2. The van der Waals surface area contributed by atoms with Crippen molar-refractivity contribution in [1.29, 1.82) is 0 Å². The van der Waals surface area contributed by atoms with Gasteiger partial charge in [-0.25, -0.2) is 8.42 Å². The second-order valence-electron chi connectivity index (χ2n) is 2.64. The van der Waals surface area contributed by atoms with E-state index in [1.807, 2.05) is 0 Å². The van der Waals surface area contributed by atoms with E-state index in [9.17, 15) is 8.42 Å². The van der Waals surface area contributed by atoms with Crippen LogP contribution in [0.25, 0.3) is 0 Å². The third-order valence-electron chi connectivity index (χ3n) is 1.50. The monoisotopic (exact) mass is 192 g/mol. The molecule has 1 aliphatic rings. The van der Waals surface area contributed by atoms with Crippen molar-refractivity contribution in [1.82, 2.24) is 0 Å². The molecule has 1 unspecified atom stereocenters. The number of ether oxygens (including phenoxy) is 2. The molecular formula is C7H12O4S. The molecule has 12 heavy (non-hydrogen) atoms. The molecule has 0 saturated carbocycles. The number of hydrogen-bond donors (Lipinski definition) is 0. The van der Waals surface area contributed by atoms with Crippen molar-refractivity contribution >= 4 is 9.84 Å². The first-order valence-electron chi connectivity index (χ1n) is 3.65. The van der Waals surface area contributed by atoms with E-state index in [4.69, 9.17) is 9.47 Å². The molecule has 0 aromatic carbocycles.